The van der Waals surface area contributed by atoms with Crippen LogP contribution in [-0.4, -0.2) is 27.3 Å². The molecule has 1 heterocycles. The summed E-state index contributed by atoms with van der Waals surface area (Å²) in [7, 11) is 0. The number of nitrogens with zero attached hydrogens (tertiary/aromatic N) is 1. The van der Waals surface area contributed by atoms with Crippen molar-refractivity contribution in [3.8, 4) is 5.75 Å². The van der Waals surface area contributed by atoms with Gasteiger partial charge in [0.2, 0.25) is 0 Å². The Kier molecular flexibility index (Phi) is 5.02. The van der Waals surface area contributed by atoms with E-state index in [0.29, 0.717) is 5.56 Å². The van der Waals surface area contributed by atoms with Crippen molar-refractivity contribution in [1.29, 1.82) is 0 Å². The summed E-state index contributed by atoms with van der Waals surface area (Å²) in [5.74, 6) is -1.04. The van der Waals surface area contributed by atoms with Crippen molar-refractivity contribution in [2.24, 2.45) is 0 Å². The number of aromatic hydroxyl groups is 1. The van der Waals surface area contributed by atoms with Gasteiger partial charge in [0.1, 0.15) is 23.0 Å². The van der Waals surface area contributed by atoms with E-state index < -0.39 is 5.82 Å². The third kappa shape index (κ3) is 4.25. The largest absolute Gasteiger partial charge is 0.508 e. The number of hydrogen-bond donors (Lipinski definition) is 2. The number of pyridine rings is 1. The number of phenolic OH excluding ortho intramolecular Hbond substituents is 1. The number of carbonyl (C=O) groups excluding carboxylic acids is 2. The normalized spacial score (nSPS) is 15.2. The summed E-state index contributed by atoms with van der Waals surface area (Å²) < 4.78 is 13.3. The molecule has 6 heteroatoms. The van der Waals surface area contributed by atoms with Gasteiger partial charge in [0.25, 0.3) is 5.91 Å². The molecule has 1 fully saturated rings. The third-order valence-electron chi connectivity index (χ3n) is 4.76. The van der Waals surface area contributed by atoms with Crippen LogP contribution in [0.2, 0.25) is 0 Å². The fraction of sp³-hybridized carbons (Fsp3) is 0.350. The second-order valence-corrected chi connectivity index (χ2v) is 7.08. The molecule has 1 aromatic carbocycles. The zero-order chi connectivity index (χ0) is 18.7. The Morgan fingerprint density at radius 2 is 2.00 bits per heavy atom. The molecule has 2 aromatic rings. The van der Waals surface area contributed by atoms with Crippen molar-refractivity contribution in [2.45, 2.75) is 44.6 Å². The van der Waals surface area contributed by atoms with Crippen LogP contribution in [0.4, 0.5) is 4.39 Å². The predicted octanol–water partition coefficient (Wildman–Crippen LogP) is 2.95. The van der Waals surface area contributed by atoms with Gasteiger partial charge in [-0.05, 0) is 62.1 Å². The van der Waals surface area contributed by atoms with Crippen LogP contribution in [0, 0.1) is 5.82 Å². The van der Waals surface area contributed by atoms with E-state index in [4.69, 9.17) is 0 Å². The Morgan fingerprint density at radius 3 is 2.69 bits per heavy atom. The van der Waals surface area contributed by atoms with Crippen LogP contribution in [0.15, 0.2) is 36.5 Å². The van der Waals surface area contributed by atoms with Crippen molar-refractivity contribution in [3.05, 3.63) is 59.2 Å². The molecule has 26 heavy (non-hydrogen) atoms. The molecule has 0 spiro atoms. The molecular weight excluding hydrogens is 335 g/mol. The monoisotopic (exact) mass is 356 g/mol. The minimum Gasteiger partial charge on any atom is -0.508 e. The van der Waals surface area contributed by atoms with E-state index in [9.17, 15) is 19.1 Å². The van der Waals surface area contributed by atoms with Gasteiger partial charge in [0, 0.05) is 30.1 Å². The van der Waals surface area contributed by atoms with E-state index >= 15 is 0 Å². The summed E-state index contributed by atoms with van der Waals surface area (Å²) in [5.41, 5.74) is 1.02. The van der Waals surface area contributed by atoms with E-state index in [1.165, 1.54) is 12.3 Å². The van der Waals surface area contributed by atoms with Crippen LogP contribution in [0.1, 0.15) is 47.8 Å². The zero-order valence-electron chi connectivity index (χ0n) is 14.6. The standard InChI is InChI=1S/C20H21FN2O3/c1-20(6-2-7-20)23-19(26)17-10-13(5-8-22-17)9-16(24)12-14-11-15(21)3-4-18(14)25/h3-5,8,10-11,25H,2,6-7,9,12H2,1H3,(H,23,26). The van der Waals surface area contributed by atoms with Crippen LogP contribution in [-0.2, 0) is 17.6 Å². The lowest BCUT2D eigenvalue weighted by molar-refractivity contribution is -0.117. The molecule has 1 aliphatic rings. The summed E-state index contributed by atoms with van der Waals surface area (Å²) in [5, 5.41) is 12.7. The first kappa shape index (κ1) is 18.0. The molecule has 136 valence electrons. The van der Waals surface area contributed by atoms with Crippen LogP contribution in [0.5, 0.6) is 5.75 Å². The van der Waals surface area contributed by atoms with E-state index in [0.717, 1.165) is 31.4 Å². The molecule has 1 saturated carbocycles. The molecule has 3 rings (SSSR count). The second-order valence-electron chi connectivity index (χ2n) is 7.08. The summed E-state index contributed by atoms with van der Waals surface area (Å²) in [4.78, 5) is 28.7. The molecule has 5 nitrogen and oxygen atoms in total. The van der Waals surface area contributed by atoms with E-state index in [1.807, 2.05) is 6.92 Å². The molecule has 2 N–H and O–H groups in total. The quantitative estimate of drug-likeness (QED) is 0.834. The topological polar surface area (TPSA) is 79.3 Å². The summed E-state index contributed by atoms with van der Waals surface area (Å²) >= 11 is 0. The number of Topliss-reactive ketones (excluding diaryl/α,β-unsaturated/α-hetero) is 1. The van der Waals surface area contributed by atoms with Crippen LogP contribution < -0.4 is 5.32 Å². The van der Waals surface area contributed by atoms with Crippen molar-refractivity contribution < 1.29 is 19.1 Å². The number of hydrogen-bond acceptors (Lipinski definition) is 4. The molecule has 0 radical (unpaired) electrons. The maximum Gasteiger partial charge on any atom is 0.270 e. The van der Waals surface area contributed by atoms with Gasteiger partial charge in [-0.15, -0.1) is 0 Å². The highest BCUT2D eigenvalue weighted by molar-refractivity contribution is 5.93. The Balaban J connectivity index is 1.65. The number of nitrogens with one attached hydrogen (secondary N) is 1. The van der Waals surface area contributed by atoms with Crippen molar-refractivity contribution in [2.75, 3.05) is 0 Å². The molecule has 0 atom stereocenters. The van der Waals surface area contributed by atoms with Gasteiger partial charge in [0.15, 0.2) is 0 Å². The lowest BCUT2D eigenvalue weighted by Gasteiger charge is -2.39. The van der Waals surface area contributed by atoms with Gasteiger partial charge < -0.3 is 10.4 Å². The van der Waals surface area contributed by atoms with Gasteiger partial charge >= 0.3 is 0 Å². The molecule has 0 unspecified atom stereocenters. The number of halogens is 1. The van der Waals surface area contributed by atoms with Gasteiger partial charge in [-0.2, -0.15) is 0 Å². The molecule has 0 saturated heterocycles. The van der Waals surface area contributed by atoms with Crippen molar-refractivity contribution in [3.63, 3.8) is 0 Å². The Labute approximate surface area is 151 Å². The van der Waals surface area contributed by atoms with E-state index in [2.05, 4.69) is 10.3 Å². The Morgan fingerprint density at radius 1 is 1.23 bits per heavy atom. The first-order valence-corrected chi connectivity index (χ1v) is 8.61. The average Bonchev–Trinajstić information content (AvgIpc) is 2.57. The minimum absolute atomic E-state index is 0.0779. The highest BCUT2D eigenvalue weighted by Crippen LogP contribution is 2.31. The molecule has 1 aromatic heterocycles. The maximum atomic E-state index is 13.3. The number of aromatic nitrogens is 1. The van der Waals surface area contributed by atoms with E-state index in [1.54, 1.807) is 12.1 Å². The summed E-state index contributed by atoms with van der Waals surface area (Å²) in [6.07, 6.45) is 4.51. The van der Waals surface area contributed by atoms with Gasteiger partial charge in [0.05, 0.1) is 0 Å². The lowest BCUT2D eigenvalue weighted by Crippen LogP contribution is -2.51. The summed E-state index contributed by atoms with van der Waals surface area (Å²) in [6, 6.07) is 6.79. The molecule has 1 aliphatic carbocycles. The number of amides is 1. The molecular formula is C20H21FN2O3. The smallest absolute Gasteiger partial charge is 0.270 e. The van der Waals surface area contributed by atoms with E-state index in [-0.39, 0.29) is 47.1 Å². The Hall–Kier alpha value is -2.76. The highest BCUT2D eigenvalue weighted by Gasteiger charge is 2.33. The zero-order valence-corrected chi connectivity index (χ0v) is 14.6. The summed E-state index contributed by atoms with van der Waals surface area (Å²) in [6.45, 7) is 2.01. The van der Waals surface area contributed by atoms with Gasteiger partial charge in [-0.3, -0.25) is 14.6 Å². The van der Waals surface area contributed by atoms with Crippen molar-refractivity contribution >= 4 is 11.7 Å². The first-order valence-electron chi connectivity index (χ1n) is 8.61. The third-order valence-corrected chi connectivity index (χ3v) is 4.76. The van der Waals surface area contributed by atoms with Crippen LogP contribution >= 0.6 is 0 Å². The van der Waals surface area contributed by atoms with Gasteiger partial charge in [-0.25, -0.2) is 4.39 Å². The second kappa shape index (κ2) is 7.23. The lowest BCUT2D eigenvalue weighted by atomic mass is 9.78. The maximum absolute atomic E-state index is 13.3. The van der Waals surface area contributed by atoms with Crippen LogP contribution in [0.25, 0.3) is 0 Å². The fourth-order valence-corrected chi connectivity index (χ4v) is 3.08. The fourth-order valence-electron chi connectivity index (χ4n) is 3.08. The molecule has 0 bridgehead atoms. The number of ketones is 1. The number of benzene rings is 1. The Bertz CT molecular complexity index is 847. The number of phenols is 1. The molecule has 1 amide bonds. The first-order chi connectivity index (χ1) is 12.3. The highest BCUT2D eigenvalue weighted by atomic mass is 19.1. The van der Waals surface area contributed by atoms with Crippen molar-refractivity contribution in [1.82, 2.24) is 10.3 Å². The van der Waals surface area contributed by atoms with Crippen LogP contribution in [0.3, 0.4) is 0 Å². The minimum atomic E-state index is -0.502. The molecule has 0 aliphatic heterocycles. The average molecular weight is 356 g/mol. The number of rotatable bonds is 6. The van der Waals surface area contributed by atoms with Gasteiger partial charge in [-0.1, -0.05) is 0 Å². The number of carbonyl (C=O) groups is 2. The SMILES string of the molecule is CC1(NC(=O)c2cc(CC(=O)Cc3cc(F)ccc3O)ccn2)CCC1. The predicted molar refractivity (Wildman–Crippen MR) is 94.4 cm³/mol.